The zero-order valence-corrected chi connectivity index (χ0v) is 27.2. The summed E-state index contributed by atoms with van der Waals surface area (Å²) in [4.78, 5) is 11.5. The summed E-state index contributed by atoms with van der Waals surface area (Å²) in [7, 11) is 4.95. The number of nitrogens with zero attached hydrogens (tertiary/aromatic N) is 3. The van der Waals surface area contributed by atoms with Gasteiger partial charge in [0.25, 0.3) is 0 Å². The van der Waals surface area contributed by atoms with Gasteiger partial charge in [-0.05, 0) is 120 Å². The summed E-state index contributed by atoms with van der Waals surface area (Å²) in [5, 5.41) is 24.8. The number of benzene rings is 3. The van der Waals surface area contributed by atoms with Gasteiger partial charge in [0.15, 0.2) is 5.78 Å². The molecule has 0 saturated heterocycles. The number of allylic oxidation sites excluding steroid dienone is 4. The molecular weight excluding hydrogens is 574 g/mol. The van der Waals surface area contributed by atoms with Gasteiger partial charge in [0, 0.05) is 25.0 Å². The molecule has 0 saturated carbocycles. The molecule has 3 aliphatic rings. The third kappa shape index (κ3) is 9.59. The summed E-state index contributed by atoms with van der Waals surface area (Å²) in [5.74, 6) is 2.74. The first-order valence-corrected chi connectivity index (χ1v) is 15.4. The van der Waals surface area contributed by atoms with Crippen LogP contribution in [0.25, 0.3) is 11.1 Å². The van der Waals surface area contributed by atoms with E-state index in [4.69, 9.17) is 30.0 Å². The highest BCUT2D eigenvalue weighted by Gasteiger charge is 2.17. The van der Waals surface area contributed by atoms with Crippen LogP contribution in [0.1, 0.15) is 83.6 Å². The monoisotopic (exact) mass is 615 g/mol. The highest BCUT2D eigenvalue weighted by molar-refractivity contribution is 5.98. The van der Waals surface area contributed by atoms with E-state index in [1.807, 2.05) is 42.5 Å². The molecule has 7 heteroatoms. The Morgan fingerprint density at radius 3 is 1.74 bits per heavy atom. The first-order chi connectivity index (χ1) is 22.4. The quantitative estimate of drug-likeness (QED) is 0.270. The van der Waals surface area contributed by atoms with E-state index in [9.17, 15) is 4.79 Å². The van der Waals surface area contributed by atoms with Gasteiger partial charge >= 0.3 is 0 Å². The Bertz CT molecular complexity index is 1700. The predicted molar refractivity (Wildman–Crippen MR) is 181 cm³/mol. The van der Waals surface area contributed by atoms with Crippen LogP contribution in [0.3, 0.4) is 0 Å². The van der Waals surface area contributed by atoms with E-state index in [0.717, 1.165) is 84.5 Å². The molecule has 0 unspecified atom stereocenters. The zero-order valence-electron chi connectivity index (χ0n) is 27.2. The van der Waals surface area contributed by atoms with Crippen LogP contribution in [0.15, 0.2) is 66.7 Å². The van der Waals surface area contributed by atoms with Crippen molar-refractivity contribution < 1.29 is 19.0 Å². The number of ether oxygens (including phenoxy) is 3. The molecule has 0 aliphatic heterocycles. The van der Waals surface area contributed by atoms with Crippen molar-refractivity contribution in [2.24, 2.45) is 0 Å². The number of aryl methyl sites for hydroxylation is 3. The first kappa shape index (κ1) is 35.2. The Morgan fingerprint density at radius 2 is 1.20 bits per heavy atom. The molecule has 0 bridgehead atoms. The lowest BCUT2D eigenvalue weighted by Gasteiger charge is -2.18. The second kappa shape index (κ2) is 18.5. The van der Waals surface area contributed by atoms with Crippen molar-refractivity contribution in [3.8, 4) is 35.5 Å². The smallest absolute Gasteiger partial charge is 0.163 e. The Hall–Kier alpha value is -5.32. The minimum Gasteiger partial charge on any atom is -0.497 e. The summed E-state index contributed by atoms with van der Waals surface area (Å²) in [6, 6.07) is 24.0. The Balaban J connectivity index is 0.000000180. The molecule has 0 atom stereocenters. The van der Waals surface area contributed by atoms with Gasteiger partial charge in [-0.15, -0.1) is 0 Å². The molecule has 0 radical (unpaired) electrons. The maximum atomic E-state index is 11.5. The molecule has 3 aromatic carbocycles. The number of carbonyl (C=O) groups is 1. The fourth-order valence-electron chi connectivity index (χ4n) is 5.73. The maximum Gasteiger partial charge on any atom is 0.163 e. The average molecular weight is 616 g/mol. The van der Waals surface area contributed by atoms with Crippen LogP contribution < -0.4 is 14.2 Å². The van der Waals surface area contributed by atoms with Crippen molar-refractivity contribution in [1.82, 2.24) is 0 Å². The topological polar surface area (TPSA) is 116 Å². The van der Waals surface area contributed by atoms with Gasteiger partial charge in [-0.2, -0.15) is 15.8 Å². The number of ketones is 1. The van der Waals surface area contributed by atoms with Gasteiger partial charge in [0.1, 0.15) is 17.2 Å². The lowest BCUT2D eigenvalue weighted by molar-refractivity contribution is 0.0972. The number of fused-ring (bicyclic) bond motifs is 3. The number of hydrogen-bond donors (Lipinski definition) is 0. The Labute approximate surface area is 273 Å². The lowest BCUT2D eigenvalue weighted by atomic mass is 9.87. The van der Waals surface area contributed by atoms with Crippen molar-refractivity contribution in [2.45, 2.75) is 64.7 Å². The predicted octanol–water partition coefficient (Wildman–Crippen LogP) is 8.62. The minimum absolute atomic E-state index is 0.250. The van der Waals surface area contributed by atoms with Gasteiger partial charge < -0.3 is 14.2 Å². The SMILES string of the molecule is CC#N.COc1ccc2c(c1)/C(=C/C#N)CCC2.COc1ccc2c(c1)C(=O)CCC2.COc1ccc2c(c1)C(CC#N)=CCC2. The van der Waals surface area contributed by atoms with E-state index in [1.54, 1.807) is 33.5 Å². The largest absolute Gasteiger partial charge is 0.497 e. The van der Waals surface area contributed by atoms with Crippen molar-refractivity contribution in [2.75, 3.05) is 21.3 Å². The molecule has 0 N–H and O–H groups in total. The summed E-state index contributed by atoms with van der Waals surface area (Å²) < 4.78 is 15.5. The molecule has 6 rings (SSSR count). The van der Waals surface area contributed by atoms with E-state index in [1.165, 1.54) is 29.2 Å². The summed E-state index contributed by atoms with van der Waals surface area (Å²) in [6.45, 7) is 1.43. The summed E-state index contributed by atoms with van der Waals surface area (Å²) >= 11 is 0. The van der Waals surface area contributed by atoms with Crippen molar-refractivity contribution in [3.63, 3.8) is 0 Å². The number of Topliss-reactive ketones (excluding diaryl/α,β-unsaturated/α-hetero) is 1. The number of rotatable bonds is 4. The second-order valence-corrected chi connectivity index (χ2v) is 10.8. The van der Waals surface area contributed by atoms with Crippen molar-refractivity contribution in [3.05, 3.63) is 100 Å². The lowest BCUT2D eigenvalue weighted by Crippen LogP contribution is -2.10. The van der Waals surface area contributed by atoms with Crippen LogP contribution in [-0.4, -0.2) is 27.1 Å². The van der Waals surface area contributed by atoms with Gasteiger partial charge in [-0.3, -0.25) is 4.79 Å². The van der Waals surface area contributed by atoms with Crippen LogP contribution >= 0.6 is 0 Å². The van der Waals surface area contributed by atoms with E-state index >= 15 is 0 Å². The molecule has 0 heterocycles. The highest BCUT2D eigenvalue weighted by Crippen LogP contribution is 2.33. The molecule has 0 fully saturated rings. The molecule has 0 spiro atoms. The number of carbonyl (C=O) groups excluding carboxylic acids is 1. The van der Waals surface area contributed by atoms with E-state index in [-0.39, 0.29) is 5.78 Å². The highest BCUT2D eigenvalue weighted by atomic mass is 16.5. The van der Waals surface area contributed by atoms with Crippen molar-refractivity contribution in [1.29, 1.82) is 15.8 Å². The van der Waals surface area contributed by atoms with Crippen LogP contribution in [0.2, 0.25) is 0 Å². The van der Waals surface area contributed by atoms with E-state index in [2.05, 4.69) is 30.3 Å². The van der Waals surface area contributed by atoms with Crippen LogP contribution in [0, 0.1) is 34.0 Å². The first-order valence-electron chi connectivity index (χ1n) is 15.4. The normalized spacial score (nSPS) is 14.5. The minimum atomic E-state index is 0.250. The molecule has 7 nitrogen and oxygen atoms in total. The van der Waals surface area contributed by atoms with E-state index in [0.29, 0.717) is 12.8 Å². The standard InChI is InChI=1S/2C13H13NO.C11H12O2.C2H3N/c2*1-15-12-6-5-10-3-2-4-11(7-8-14)13(10)9-12;1-13-9-6-5-8-3-2-4-11(12)10(8)7-9;1-2-3/h5-7,9H,2-4H2,1H3;4-6,9H,2-3,7H2,1H3;5-7H,2-4H2,1H3;1H3/b11-7+;;;. The summed E-state index contributed by atoms with van der Waals surface area (Å²) in [6.07, 6.45) is 12.3. The van der Waals surface area contributed by atoms with Gasteiger partial charge in [0.2, 0.25) is 0 Å². The zero-order chi connectivity index (χ0) is 33.3. The molecule has 3 aromatic rings. The van der Waals surface area contributed by atoms with Crippen LogP contribution in [-0.2, 0) is 19.3 Å². The number of nitriles is 3. The molecule has 46 heavy (non-hydrogen) atoms. The van der Waals surface area contributed by atoms with Gasteiger partial charge in [0.05, 0.1) is 46.0 Å². The average Bonchev–Trinajstić information content (AvgIpc) is 3.09. The van der Waals surface area contributed by atoms with Gasteiger partial charge in [-0.25, -0.2) is 0 Å². The third-order valence-corrected chi connectivity index (χ3v) is 8.00. The van der Waals surface area contributed by atoms with Crippen LogP contribution in [0.5, 0.6) is 17.2 Å². The van der Waals surface area contributed by atoms with Crippen LogP contribution in [0.4, 0.5) is 0 Å². The molecule has 3 aliphatic carbocycles. The Kier molecular flexibility index (Phi) is 14.1. The number of hydrogen-bond acceptors (Lipinski definition) is 7. The maximum absolute atomic E-state index is 11.5. The summed E-state index contributed by atoms with van der Waals surface area (Å²) in [5.41, 5.74) is 9.30. The molecule has 236 valence electrons. The Morgan fingerprint density at radius 1 is 0.696 bits per heavy atom. The molecule has 0 aromatic heterocycles. The second-order valence-electron chi connectivity index (χ2n) is 10.8. The number of methoxy groups -OCH3 is 3. The third-order valence-electron chi connectivity index (χ3n) is 8.00. The fraction of sp³-hybridized carbons (Fsp3) is 0.333. The van der Waals surface area contributed by atoms with E-state index < -0.39 is 0 Å². The van der Waals surface area contributed by atoms with Gasteiger partial charge in [-0.1, -0.05) is 24.3 Å². The molecule has 0 amide bonds. The molecular formula is C39H41N3O4. The van der Waals surface area contributed by atoms with Crippen molar-refractivity contribution >= 4 is 16.9 Å². The fourth-order valence-corrected chi connectivity index (χ4v) is 5.73.